The molecule has 2 aromatic rings. The summed E-state index contributed by atoms with van der Waals surface area (Å²) < 4.78 is 0. The van der Waals surface area contributed by atoms with Crippen LogP contribution in [0.1, 0.15) is 18.1 Å². The van der Waals surface area contributed by atoms with Crippen LogP contribution in [0.3, 0.4) is 0 Å². The molecule has 0 N–H and O–H groups in total. The molecule has 0 fully saturated rings. The third kappa shape index (κ3) is 3.71. The van der Waals surface area contributed by atoms with Gasteiger partial charge in [-0.05, 0) is 17.5 Å². The van der Waals surface area contributed by atoms with Crippen LogP contribution in [0.15, 0.2) is 41.7 Å². The molecule has 5 heteroatoms. The van der Waals surface area contributed by atoms with Crippen molar-refractivity contribution in [3.63, 3.8) is 0 Å². The predicted molar refractivity (Wildman–Crippen MR) is 79.2 cm³/mol. The van der Waals surface area contributed by atoms with Crippen molar-refractivity contribution in [3.8, 4) is 23.5 Å². The minimum absolute atomic E-state index is 0.113. The highest BCUT2D eigenvalue weighted by Gasteiger charge is 2.02. The van der Waals surface area contributed by atoms with Crippen LogP contribution in [0, 0.1) is 22.7 Å². The summed E-state index contributed by atoms with van der Waals surface area (Å²) >= 11 is 0. The van der Waals surface area contributed by atoms with Crippen LogP contribution in [-0.2, 0) is 13.0 Å². The van der Waals surface area contributed by atoms with Crippen LogP contribution in [0.2, 0.25) is 0 Å². The summed E-state index contributed by atoms with van der Waals surface area (Å²) in [4.78, 5) is 12.6. The second-order valence-electron chi connectivity index (χ2n) is 4.35. The first kappa shape index (κ1) is 14.4. The summed E-state index contributed by atoms with van der Waals surface area (Å²) in [7, 11) is 0. The number of nitrogens with zero attached hydrogens (tertiary/aromatic N) is 5. The molecule has 0 spiro atoms. The van der Waals surface area contributed by atoms with Gasteiger partial charge < -0.3 is 0 Å². The lowest BCUT2D eigenvalue weighted by Gasteiger charge is -2.02. The van der Waals surface area contributed by atoms with Gasteiger partial charge in [0, 0.05) is 18.0 Å². The number of hydrogen-bond donors (Lipinski definition) is 0. The molecule has 0 aliphatic carbocycles. The molecule has 102 valence electrons. The fraction of sp³-hybridized carbons (Fsp3) is 0.188. The van der Waals surface area contributed by atoms with E-state index in [0.29, 0.717) is 12.4 Å². The lowest BCUT2D eigenvalue weighted by molar-refractivity contribution is 1.05. The third-order valence-corrected chi connectivity index (χ3v) is 2.96. The summed E-state index contributed by atoms with van der Waals surface area (Å²) in [5, 5.41) is 17.2. The van der Waals surface area contributed by atoms with Crippen molar-refractivity contribution in [3.05, 3.63) is 47.8 Å². The highest BCUT2D eigenvalue weighted by Crippen LogP contribution is 2.16. The largest absolute Gasteiger partial charge is 0.260 e. The summed E-state index contributed by atoms with van der Waals surface area (Å²) in [6.07, 6.45) is 4.57. The Balaban J connectivity index is 2.13. The SMILES string of the molecule is CCc1cnc(-c2ccc(CN=C(C#N)C#N)cc2)nc1. The molecule has 0 radical (unpaired) electrons. The van der Waals surface area contributed by atoms with Gasteiger partial charge in [-0.15, -0.1) is 0 Å². The van der Waals surface area contributed by atoms with E-state index in [4.69, 9.17) is 10.5 Å². The molecule has 0 aliphatic rings. The Morgan fingerprint density at radius 2 is 1.67 bits per heavy atom. The molecular formula is C16H13N5. The predicted octanol–water partition coefficient (Wildman–Crippen LogP) is 2.69. The first-order chi connectivity index (χ1) is 10.3. The van der Waals surface area contributed by atoms with E-state index >= 15 is 0 Å². The van der Waals surface area contributed by atoms with E-state index in [1.54, 1.807) is 12.1 Å². The Kier molecular flexibility index (Phi) is 4.74. The van der Waals surface area contributed by atoms with Crippen molar-refractivity contribution in [2.24, 2.45) is 4.99 Å². The maximum Gasteiger partial charge on any atom is 0.213 e. The first-order valence-electron chi connectivity index (χ1n) is 6.51. The normalized spacial score (nSPS) is 9.48. The van der Waals surface area contributed by atoms with E-state index in [0.717, 1.165) is 23.1 Å². The van der Waals surface area contributed by atoms with Crippen LogP contribution in [0.5, 0.6) is 0 Å². The van der Waals surface area contributed by atoms with Crippen molar-refractivity contribution >= 4 is 5.71 Å². The number of benzene rings is 1. The Morgan fingerprint density at radius 1 is 1.05 bits per heavy atom. The molecule has 1 heterocycles. The van der Waals surface area contributed by atoms with Crippen LogP contribution in [0.4, 0.5) is 0 Å². The van der Waals surface area contributed by atoms with Crippen molar-refractivity contribution < 1.29 is 0 Å². The molecule has 5 nitrogen and oxygen atoms in total. The lowest BCUT2D eigenvalue weighted by atomic mass is 10.1. The Hall–Kier alpha value is -3.05. The molecule has 0 aliphatic heterocycles. The van der Waals surface area contributed by atoms with Crippen LogP contribution in [0.25, 0.3) is 11.4 Å². The van der Waals surface area contributed by atoms with E-state index in [1.165, 1.54) is 0 Å². The van der Waals surface area contributed by atoms with Gasteiger partial charge in [0.15, 0.2) is 5.82 Å². The molecule has 1 aromatic heterocycles. The van der Waals surface area contributed by atoms with Crippen molar-refractivity contribution in [1.82, 2.24) is 9.97 Å². The standard InChI is InChI=1S/C16H13N5/c1-2-12-9-20-16(21-10-12)14-5-3-13(4-6-14)11-19-15(7-17)8-18/h3-6,9-10H,2,11H2,1H3. The monoisotopic (exact) mass is 275 g/mol. The highest BCUT2D eigenvalue weighted by atomic mass is 14.9. The van der Waals surface area contributed by atoms with Crippen LogP contribution in [-0.4, -0.2) is 15.7 Å². The molecule has 1 aromatic carbocycles. The van der Waals surface area contributed by atoms with Gasteiger partial charge in [0.05, 0.1) is 6.54 Å². The van der Waals surface area contributed by atoms with Gasteiger partial charge in [-0.1, -0.05) is 31.2 Å². The second kappa shape index (κ2) is 6.93. The van der Waals surface area contributed by atoms with Gasteiger partial charge in [0.2, 0.25) is 5.71 Å². The van der Waals surface area contributed by atoms with E-state index < -0.39 is 0 Å². The smallest absolute Gasteiger partial charge is 0.213 e. The van der Waals surface area contributed by atoms with Gasteiger partial charge in [0.1, 0.15) is 12.1 Å². The van der Waals surface area contributed by atoms with Crippen LogP contribution >= 0.6 is 0 Å². The minimum Gasteiger partial charge on any atom is -0.260 e. The van der Waals surface area contributed by atoms with Gasteiger partial charge in [-0.25, -0.2) is 9.97 Å². The average molecular weight is 275 g/mol. The fourth-order valence-corrected chi connectivity index (χ4v) is 1.71. The second-order valence-corrected chi connectivity index (χ2v) is 4.35. The molecule has 0 atom stereocenters. The first-order valence-corrected chi connectivity index (χ1v) is 6.51. The maximum atomic E-state index is 8.62. The van der Waals surface area contributed by atoms with E-state index in [9.17, 15) is 0 Å². The number of nitriles is 2. The Bertz CT molecular complexity index is 699. The van der Waals surface area contributed by atoms with Gasteiger partial charge in [0.25, 0.3) is 0 Å². The van der Waals surface area contributed by atoms with Gasteiger partial charge >= 0.3 is 0 Å². The molecule has 0 bridgehead atoms. The average Bonchev–Trinajstić information content (AvgIpc) is 2.56. The van der Waals surface area contributed by atoms with Crippen molar-refractivity contribution in [1.29, 1.82) is 10.5 Å². The summed E-state index contributed by atoms with van der Waals surface area (Å²) in [5.74, 6) is 0.678. The zero-order chi connectivity index (χ0) is 15.1. The van der Waals surface area contributed by atoms with E-state index in [-0.39, 0.29) is 5.71 Å². The fourth-order valence-electron chi connectivity index (χ4n) is 1.71. The van der Waals surface area contributed by atoms with Gasteiger partial charge in [-0.3, -0.25) is 4.99 Å². The Labute approximate surface area is 123 Å². The Morgan fingerprint density at radius 3 is 2.19 bits per heavy atom. The molecule has 2 rings (SSSR count). The van der Waals surface area contributed by atoms with Crippen molar-refractivity contribution in [2.45, 2.75) is 19.9 Å². The summed E-state index contributed by atoms with van der Waals surface area (Å²) in [6, 6.07) is 11.1. The minimum atomic E-state index is -0.113. The van der Waals surface area contributed by atoms with E-state index in [2.05, 4.69) is 21.9 Å². The maximum absolute atomic E-state index is 8.62. The van der Waals surface area contributed by atoms with Gasteiger partial charge in [-0.2, -0.15) is 10.5 Å². The number of rotatable bonds is 4. The highest BCUT2D eigenvalue weighted by molar-refractivity contribution is 6.10. The number of aliphatic imine (C=N–C) groups is 1. The number of aryl methyl sites for hydroxylation is 1. The number of hydrogen-bond acceptors (Lipinski definition) is 5. The zero-order valence-electron chi connectivity index (χ0n) is 11.6. The molecule has 0 saturated carbocycles. The van der Waals surface area contributed by atoms with Crippen molar-refractivity contribution in [2.75, 3.05) is 0 Å². The molecule has 0 amide bonds. The molecule has 0 unspecified atom stereocenters. The summed E-state index contributed by atoms with van der Waals surface area (Å²) in [6.45, 7) is 2.37. The van der Waals surface area contributed by atoms with Crippen LogP contribution < -0.4 is 0 Å². The lowest BCUT2D eigenvalue weighted by Crippen LogP contribution is -1.93. The summed E-state index contributed by atoms with van der Waals surface area (Å²) in [5.41, 5.74) is 2.83. The number of aromatic nitrogens is 2. The third-order valence-electron chi connectivity index (χ3n) is 2.96. The molecular weight excluding hydrogens is 262 g/mol. The quantitative estimate of drug-likeness (QED) is 0.803. The molecule has 0 saturated heterocycles. The topological polar surface area (TPSA) is 85.7 Å². The van der Waals surface area contributed by atoms with E-state index in [1.807, 2.05) is 36.7 Å². The molecule has 21 heavy (non-hydrogen) atoms. The zero-order valence-corrected chi connectivity index (χ0v) is 11.6.